The Balaban J connectivity index is 1.92. The van der Waals surface area contributed by atoms with E-state index in [1.807, 2.05) is 0 Å². The van der Waals surface area contributed by atoms with Crippen LogP contribution in [0.4, 0.5) is 0 Å². The van der Waals surface area contributed by atoms with Gasteiger partial charge in [-0.1, -0.05) is 74.4 Å². The van der Waals surface area contributed by atoms with Crippen LogP contribution in [-0.4, -0.2) is 0 Å². The molecule has 0 fully saturated rings. The summed E-state index contributed by atoms with van der Waals surface area (Å²) in [6.07, 6.45) is 4.86. The molecule has 0 aliphatic heterocycles. The third-order valence-corrected chi connectivity index (χ3v) is 6.11. The number of fused-ring (bicyclic) bond motifs is 1. The third-order valence-electron chi connectivity index (χ3n) is 6.11. The molecule has 0 nitrogen and oxygen atoms in total. The molecule has 118 valence electrons. The fourth-order valence-electron chi connectivity index (χ4n) is 4.97. The second-order valence-corrected chi connectivity index (χ2v) is 7.21. The lowest BCUT2D eigenvalue weighted by atomic mass is 9.76. The fourth-order valence-corrected chi connectivity index (χ4v) is 4.97. The zero-order chi connectivity index (χ0) is 16.0. The van der Waals surface area contributed by atoms with Crippen LogP contribution in [0.3, 0.4) is 0 Å². The van der Waals surface area contributed by atoms with Crippen LogP contribution in [0.15, 0.2) is 53.6 Å². The Labute approximate surface area is 140 Å². The van der Waals surface area contributed by atoms with Gasteiger partial charge in [0.1, 0.15) is 0 Å². The van der Waals surface area contributed by atoms with E-state index >= 15 is 0 Å². The minimum Gasteiger partial charge on any atom is -0.0672 e. The highest BCUT2D eigenvalue weighted by atomic mass is 14.4. The van der Waals surface area contributed by atoms with Gasteiger partial charge >= 0.3 is 0 Å². The first-order valence-corrected chi connectivity index (χ1v) is 9.14. The Morgan fingerprint density at radius 3 is 2.43 bits per heavy atom. The third kappa shape index (κ3) is 2.27. The van der Waals surface area contributed by atoms with Crippen molar-refractivity contribution in [2.24, 2.45) is 5.92 Å². The number of benzene rings is 2. The zero-order valence-electron chi connectivity index (χ0n) is 14.5. The van der Waals surface area contributed by atoms with Crippen LogP contribution < -0.4 is 0 Å². The normalized spacial score (nSPS) is 22.4. The predicted molar refractivity (Wildman–Crippen MR) is 98.8 cm³/mol. The largest absolute Gasteiger partial charge is 0.0672 e. The molecule has 2 unspecified atom stereocenters. The molecule has 0 heteroatoms. The van der Waals surface area contributed by atoms with Gasteiger partial charge in [-0.15, -0.1) is 0 Å². The van der Waals surface area contributed by atoms with Crippen molar-refractivity contribution < 1.29 is 0 Å². The number of hydrogen-bond donors (Lipinski definition) is 0. The van der Waals surface area contributed by atoms with E-state index in [1.54, 1.807) is 27.8 Å². The highest BCUT2D eigenvalue weighted by Crippen LogP contribution is 2.47. The Morgan fingerprint density at radius 2 is 1.74 bits per heavy atom. The number of rotatable bonds is 3. The monoisotopic (exact) mass is 302 g/mol. The molecule has 0 aromatic heterocycles. The maximum Gasteiger partial charge on any atom is -0.00553 e. The lowest BCUT2D eigenvalue weighted by Crippen LogP contribution is -2.14. The summed E-state index contributed by atoms with van der Waals surface area (Å²) >= 11 is 0. The van der Waals surface area contributed by atoms with E-state index in [-0.39, 0.29) is 0 Å². The first kappa shape index (κ1) is 14.8. The van der Waals surface area contributed by atoms with Crippen LogP contribution in [-0.2, 0) is 12.8 Å². The standard InChI is InChI=1S/C23H26/c1-4-20-15(3)21(5-2)23-13-17(16-9-7-6-8-10-16)11-18-12-19(20)14-22(18)23/h6-11,13,15,21H,4-5,12,14H2,1-3H3. The molecule has 2 aromatic rings. The molecule has 0 heterocycles. The highest BCUT2D eigenvalue weighted by Gasteiger charge is 2.33. The van der Waals surface area contributed by atoms with Crippen LogP contribution >= 0.6 is 0 Å². The van der Waals surface area contributed by atoms with E-state index < -0.39 is 0 Å². The summed E-state index contributed by atoms with van der Waals surface area (Å²) in [5.41, 5.74) is 11.1. The Morgan fingerprint density at radius 1 is 0.957 bits per heavy atom. The van der Waals surface area contributed by atoms with Crippen molar-refractivity contribution in [1.82, 2.24) is 0 Å². The number of allylic oxidation sites excluding steroid dienone is 2. The van der Waals surface area contributed by atoms with E-state index in [9.17, 15) is 0 Å². The van der Waals surface area contributed by atoms with Gasteiger partial charge in [0.2, 0.25) is 0 Å². The van der Waals surface area contributed by atoms with Crippen LogP contribution in [0.2, 0.25) is 0 Å². The summed E-state index contributed by atoms with van der Waals surface area (Å²) in [5.74, 6) is 1.38. The summed E-state index contributed by atoms with van der Waals surface area (Å²) in [6.45, 7) is 7.16. The predicted octanol–water partition coefficient (Wildman–Crippen LogP) is 6.30. The first-order valence-electron chi connectivity index (χ1n) is 9.14. The van der Waals surface area contributed by atoms with Gasteiger partial charge in [-0.25, -0.2) is 0 Å². The van der Waals surface area contributed by atoms with Gasteiger partial charge in [-0.2, -0.15) is 0 Å². The topological polar surface area (TPSA) is 0 Å². The van der Waals surface area contributed by atoms with Crippen molar-refractivity contribution in [1.29, 1.82) is 0 Å². The average Bonchev–Trinajstić information content (AvgIpc) is 2.96. The fraction of sp³-hybridized carbons (Fsp3) is 0.391. The molecule has 2 aromatic carbocycles. The summed E-state index contributed by atoms with van der Waals surface area (Å²) in [6, 6.07) is 15.8. The molecule has 2 atom stereocenters. The Kier molecular flexibility index (Phi) is 3.64. The van der Waals surface area contributed by atoms with Crippen molar-refractivity contribution in [3.05, 3.63) is 70.3 Å². The maximum atomic E-state index is 2.50. The first-order chi connectivity index (χ1) is 11.2. The molecular formula is C23H26. The molecule has 0 saturated carbocycles. The van der Waals surface area contributed by atoms with Gasteiger partial charge in [-0.05, 0) is 65.3 Å². The number of hydrogen-bond acceptors (Lipinski definition) is 0. The highest BCUT2D eigenvalue weighted by molar-refractivity contribution is 5.69. The quantitative estimate of drug-likeness (QED) is 0.583. The van der Waals surface area contributed by atoms with E-state index in [4.69, 9.17) is 0 Å². The van der Waals surface area contributed by atoms with Crippen molar-refractivity contribution in [2.45, 2.75) is 52.4 Å². The summed E-state index contributed by atoms with van der Waals surface area (Å²) in [5, 5.41) is 0. The summed E-state index contributed by atoms with van der Waals surface area (Å²) < 4.78 is 0. The van der Waals surface area contributed by atoms with Gasteiger partial charge in [0.25, 0.3) is 0 Å². The molecule has 4 rings (SSSR count). The molecule has 0 spiro atoms. The molecular weight excluding hydrogens is 276 g/mol. The van der Waals surface area contributed by atoms with E-state index in [2.05, 4.69) is 63.2 Å². The molecule has 2 aliphatic rings. The summed E-state index contributed by atoms with van der Waals surface area (Å²) in [7, 11) is 0. The second kappa shape index (κ2) is 5.67. The van der Waals surface area contributed by atoms with Crippen LogP contribution in [0.5, 0.6) is 0 Å². The van der Waals surface area contributed by atoms with Crippen LogP contribution in [0.25, 0.3) is 11.1 Å². The van der Waals surface area contributed by atoms with Gasteiger partial charge < -0.3 is 0 Å². The van der Waals surface area contributed by atoms with Gasteiger partial charge in [0.05, 0.1) is 0 Å². The summed E-state index contributed by atoms with van der Waals surface area (Å²) in [4.78, 5) is 0. The van der Waals surface area contributed by atoms with Gasteiger partial charge in [-0.3, -0.25) is 0 Å². The molecule has 2 bridgehead atoms. The second-order valence-electron chi connectivity index (χ2n) is 7.21. The van der Waals surface area contributed by atoms with Crippen molar-refractivity contribution in [3.63, 3.8) is 0 Å². The van der Waals surface area contributed by atoms with Crippen molar-refractivity contribution >= 4 is 0 Å². The van der Waals surface area contributed by atoms with E-state index in [0.29, 0.717) is 11.8 Å². The van der Waals surface area contributed by atoms with Crippen LogP contribution in [0.1, 0.15) is 56.2 Å². The van der Waals surface area contributed by atoms with E-state index in [1.165, 1.54) is 36.8 Å². The smallest absolute Gasteiger partial charge is 0.00553 e. The minimum absolute atomic E-state index is 0.681. The molecule has 0 amide bonds. The Bertz CT molecular complexity index is 764. The zero-order valence-corrected chi connectivity index (χ0v) is 14.5. The molecule has 2 aliphatic carbocycles. The molecule has 0 saturated heterocycles. The lowest BCUT2D eigenvalue weighted by Gasteiger charge is -2.28. The average molecular weight is 302 g/mol. The van der Waals surface area contributed by atoms with Crippen molar-refractivity contribution in [2.75, 3.05) is 0 Å². The SMILES string of the molecule is CCC1=C2Cc3cc(-c4ccccc4)cc(c3C2)C(CC)C1C. The molecule has 0 radical (unpaired) electrons. The Hall–Kier alpha value is -1.82. The maximum absolute atomic E-state index is 2.50. The van der Waals surface area contributed by atoms with Gasteiger partial charge in [0.15, 0.2) is 0 Å². The van der Waals surface area contributed by atoms with Gasteiger partial charge in [0, 0.05) is 0 Å². The van der Waals surface area contributed by atoms with Crippen molar-refractivity contribution in [3.8, 4) is 11.1 Å². The molecule has 0 N–H and O–H groups in total. The minimum atomic E-state index is 0.681. The molecule has 23 heavy (non-hydrogen) atoms. The van der Waals surface area contributed by atoms with Crippen LogP contribution in [0, 0.1) is 5.92 Å². The lowest BCUT2D eigenvalue weighted by molar-refractivity contribution is 0.494. The van der Waals surface area contributed by atoms with E-state index in [0.717, 1.165) is 0 Å².